The molecule has 0 aromatic heterocycles. The van der Waals surface area contributed by atoms with Gasteiger partial charge in [0.15, 0.2) is 0 Å². The number of hydrogen-bond donors (Lipinski definition) is 0. The van der Waals surface area contributed by atoms with Gasteiger partial charge in [-0.3, -0.25) is 10.1 Å². The van der Waals surface area contributed by atoms with Crippen LogP contribution < -0.4 is 0 Å². The summed E-state index contributed by atoms with van der Waals surface area (Å²) in [5, 5.41) is 10.8. The second kappa shape index (κ2) is 5.37. The molecule has 1 aromatic carbocycles. The SMILES string of the molecule is CC(C)(C)C1(c2ccc([N+](=O)[O-])cc2)SCCCS1. The minimum absolute atomic E-state index is 0.000376. The highest BCUT2D eigenvalue weighted by molar-refractivity contribution is 8.18. The first-order valence-corrected chi connectivity index (χ1v) is 8.37. The molecule has 0 atom stereocenters. The lowest BCUT2D eigenvalue weighted by Crippen LogP contribution is -2.36. The summed E-state index contributed by atoms with van der Waals surface area (Å²) in [5.41, 5.74) is 1.47. The van der Waals surface area contributed by atoms with Crippen LogP contribution in [0, 0.1) is 15.5 Å². The zero-order chi connectivity index (χ0) is 14.1. The Balaban J connectivity index is 2.41. The van der Waals surface area contributed by atoms with E-state index >= 15 is 0 Å². The van der Waals surface area contributed by atoms with Gasteiger partial charge in [-0.1, -0.05) is 20.8 Å². The first kappa shape index (κ1) is 14.7. The van der Waals surface area contributed by atoms with Crippen LogP contribution in [-0.2, 0) is 4.08 Å². The quantitative estimate of drug-likeness (QED) is 0.588. The summed E-state index contributed by atoms with van der Waals surface area (Å²) in [6.07, 6.45) is 1.24. The number of nitrogens with zero attached hydrogens (tertiary/aromatic N) is 1. The van der Waals surface area contributed by atoms with Gasteiger partial charge in [-0.2, -0.15) is 0 Å². The van der Waals surface area contributed by atoms with Crippen LogP contribution in [0.1, 0.15) is 32.8 Å². The third-order valence-electron chi connectivity index (χ3n) is 3.34. The molecule has 1 aromatic rings. The van der Waals surface area contributed by atoms with Gasteiger partial charge in [0.05, 0.1) is 9.00 Å². The van der Waals surface area contributed by atoms with Crippen LogP contribution in [0.2, 0.25) is 0 Å². The Morgan fingerprint density at radius 2 is 1.68 bits per heavy atom. The first-order chi connectivity index (χ1) is 8.87. The average molecular weight is 297 g/mol. The summed E-state index contributed by atoms with van der Waals surface area (Å²) in [5.74, 6) is 2.31. The predicted octanol–water partition coefficient (Wildman–Crippen LogP) is 4.66. The molecule has 0 N–H and O–H groups in total. The molecule has 1 fully saturated rings. The fraction of sp³-hybridized carbons (Fsp3) is 0.571. The molecule has 0 unspecified atom stereocenters. The van der Waals surface area contributed by atoms with E-state index in [2.05, 4.69) is 20.8 Å². The zero-order valence-electron chi connectivity index (χ0n) is 11.5. The van der Waals surface area contributed by atoms with Crippen LogP contribution in [0.15, 0.2) is 24.3 Å². The van der Waals surface area contributed by atoms with Crippen LogP contribution in [0.25, 0.3) is 0 Å². The topological polar surface area (TPSA) is 43.1 Å². The fourth-order valence-electron chi connectivity index (χ4n) is 2.37. The van der Waals surface area contributed by atoms with Gasteiger partial charge in [0.1, 0.15) is 0 Å². The normalized spacial score (nSPS) is 19.1. The van der Waals surface area contributed by atoms with Crippen LogP contribution >= 0.6 is 23.5 Å². The lowest BCUT2D eigenvalue weighted by molar-refractivity contribution is -0.384. The van der Waals surface area contributed by atoms with E-state index in [4.69, 9.17) is 0 Å². The van der Waals surface area contributed by atoms with Crippen LogP contribution in [0.3, 0.4) is 0 Å². The number of benzene rings is 1. The van der Waals surface area contributed by atoms with E-state index < -0.39 is 0 Å². The number of hydrogen-bond acceptors (Lipinski definition) is 4. The Hall–Kier alpha value is -0.680. The Bertz CT molecular complexity index is 459. The summed E-state index contributed by atoms with van der Waals surface area (Å²) < 4.78 is 0.000376. The smallest absolute Gasteiger partial charge is 0.258 e. The molecule has 1 aliphatic heterocycles. The van der Waals surface area contributed by atoms with E-state index in [-0.39, 0.29) is 20.1 Å². The maximum absolute atomic E-state index is 10.8. The molecule has 0 bridgehead atoms. The van der Waals surface area contributed by atoms with Gasteiger partial charge < -0.3 is 0 Å². The van der Waals surface area contributed by atoms with E-state index in [9.17, 15) is 10.1 Å². The molecule has 0 saturated carbocycles. The summed E-state index contributed by atoms with van der Waals surface area (Å²) >= 11 is 3.96. The highest BCUT2D eigenvalue weighted by atomic mass is 32.2. The van der Waals surface area contributed by atoms with Crippen molar-refractivity contribution in [3.63, 3.8) is 0 Å². The van der Waals surface area contributed by atoms with Crippen LogP contribution in [0.5, 0.6) is 0 Å². The number of thioether (sulfide) groups is 2. The standard InChI is InChI=1S/C14H19NO2S2/c1-13(2,3)14(18-9-4-10-19-14)11-5-7-12(8-6-11)15(16)17/h5-8H,4,9-10H2,1-3H3. The van der Waals surface area contributed by atoms with Crippen molar-refractivity contribution in [1.29, 1.82) is 0 Å². The van der Waals surface area contributed by atoms with Crippen LogP contribution in [0.4, 0.5) is 5.69 Å². The van der Waals surface area contributed by atoms with Crippen molar-refractivity contribution in [3.05, 3.63) is 39.9 Å². The monoisotopic (exact) mass is 297 g/mol. The molecule has 2 rings (SSSR count). The van der Waals surface area contributed by atoms with Gasteiger partial charge in [-0.15, -0.1) is 23.5 Å². The van der Waals surface area contributed by atoms with E-state index in [1.54, 1.807) is 12.1 Å². The summed E-state index contributed by atoms with van der Waals surface area (Å²) in [6, 6.07) is 7.10. The molecule has 3 nitrogen and oxygen atoms in total. The highest BCUT2D eigenvalue weighted by Gasteiger charge is 2.45. The molecule has 0 aliphatic carbocycles. The average Bonchev–Trinajstić information content (AvgIpc) is 2.38. The molecule has 5 heteroatoms. The maximum Gasteiger partial charge on any atom is 0.269 e. The highest BCUT2D eigenvalue weighted by Crippen LogP contribution is 2.60. The molecule has 1 heterocycles. The van der Waals surface area contributed by atoms with Crippen molar-refractivity contribution >= 4 is 29.2 Å². The van der Waals surface area contributed by atoms with E-state index in [1.807, 2.05) is 35.7 Å². The minimum atomic E-state index is -0.339. The molecule has 104 valence electrons. The third kappa shape index (κ3) is 2.77. The Morgan fingerprint density at radius 3 is 2.11 bits per heavy atom. The molecule has 0 spiro atoms. The van der Waals surface area contributed by atoms with Crippen molar-refractivity contribution in [2.45, 2.75) is 31.3 Å². The second-order valence-corrected chi connectivity index (χ2v) is 8.60. The zero-order valence-corrected chi connectivity index (χ0v) is 13.1. The van der Waals surface area contributed by atoms with E-state index in [0.717, 1.165) is 11.5 Å². The number of rotatable bonds is 2. The van der Waals surface area contributed by atoms with Gasteiger partial charge >= 0.3 is 0 Å². The predicted molar refractivity (Wildman–Crippen MR) is 83.8 cm³/mol. The fourth-order valence-corrected chi connectivity index (χ4v) is 6.01. The van der Waals surface area contributed by atoms with Crippen molar-refractivity contribution in [2.75, 3.05) is 11.5 Å². The lowest BCUT2D eigenvalue weighted by Gasteiger charge is -2.46. The minimum Gasteiger partial charge on any atom is -0.258 e. The van der Waals surface area contributed by atoms with E-state index in [0.29, 0.717) is 0 Å². The molecule has 1 aliphatic rings. The Kier molecular flexibility index (Phi) is 4.16. The first-order valence-electron chi connectivity index (χ1n) is 6.40. The van der Waals surface area contributed by atoms with Gasteiger partial charge in [0, 0.05) is 12.1 Å². The summed E-state index contributed by atoms with van der Waals surface area (Å²) in [7, 11) is 0. The number of nitro benzene ring substituents is 1. The summed E-state index contributed by atoms with van der Waals surface area (Å²) in [6.45, 7) is 6.75. The van der Waals surface area contributed by atoms with Crippen molar-refractivity contribution in [1.82, 2.24) is 0 Å². The number of nitro groups is 1. The van der Waals surface area contributed by atoms with Gasteiger partial charge in [-0.05, 0) is 41.0 Å². The Labute approximate surface area is 122 Å². The molecular formula is C14H19NO2S2. The van der Waals surface area contributed by atoms with Crippen molar-refractivity contribution in [2.24, 2.45) is 5.41 Å². The number of non-ortho nitro benzene ring substituents is 1. The molecule has 19 heavy (non-hydrogen) atoms. The van der Waals surface area contributed by atoms with Gasteiger partial charge in [0.25, 0.3) is 5.69 Å². The Morgan fingerprint density at radius 1 is 1.16 bits per heavy atom. The summed E-state index contributed by atoms with van der Waals surface area (Å²) in [4.78, 5) is 10.4. The van der Waals surface area contributed by atoms with Gasteiger partial charge in [0.2, 0.25) is 0 Å². The van der Waals surface area contributed by atoms with Crippen molar-refractivity contribution in [3.8, 4) is 0 Å². The second-order valence-electron chi connectivity index (χ2n) is 5.72. The van der Waals surface area contributed by atoms with Gasteiger partial charge in [-0.25, -0.2) is 0 Å². The maximum atomic E-state index is 10.8. The molecule has 0 radical (unpaired) electrons. The molecule has 0 amide bonds. The van der Waals surface area contributed by atoms with Crippen molar-refractivity contribution < 1.29 is 4.92 Å². The molecular weight excluding hydrogens is 278 g/mol. The lowest BCUT2D eigenvalue weighted by atomic mass is 9.86. The van der Waals surface area contributed by atoms with Crippen LogP contribution in [-0.4, -0.2) is 16.4 Å². The molecule has 1 saturated heterocycles. The largest absolute Gasteiger partial charge is 0.269 e. The third-order valence-corrected chi connectivity index (χ3v) is 7.55. The van der Waals surface area contributed by atoms with E-state index in [1.165, 1.54) is 12.0 Å².